The summed E-state index contributed by atoms with van der Waals surface area (Å²) in [7, 11) is 1.44. The topological polar surface area (TPSA) is 79.7 Å². The number of amides is 1. The second kappa shape index (κ2) is 6.31. The highest BCUT2D eigenvalue weighted by Crippen LogP contribution is 2.43. The van der Waals surface area contributed by atoms with Gasteiger partial charge in [0.1, 0.15) is 0 Å². The zero-order valence-corrected chi connectivity index (χ0v) is 13.3. The summed E-state index contributed by atoms with van der Waals surface area (Å²) in [6.45, 7) is 0.373. The average Bonchev–Trinajstić information content (AvgIpc) is 3.07. The summed E-state index contributed by atoms with van der Waals surface area (Å²) in [5.74, 6) is -1.15. The fraction of sp³-hybridized carbons (Fsp3) is 0.278. The van der Waals surface area contributed by atoms with Crippen molar-refractivity contribution < 1.29 is 19.4 Å². The second-order valence-electron chi connectivity index (χ2n) is 5.65. The van der Waals surface area contributed by atoms with Gasteiger partial charge in [0.15, 0.2) is 5.54 Å². The van der Waals surface area contributed by atoms with Crippen molar-refractivity contribution in [2.24, 2.45) is 0 Å². The van der Waals surface area contributed by atoms with Gasteiger partial charge in [-0.1, -0.05) is 18.2 Å². The molecule has 24 heavy (non-hydrogen) atoms. The first kappa shape index (κ1) is 16.0. The highest BCUT2D eigenvalue weighted by molar-refractivity contribution is 5.98. The summed E-state index contributed by atoms with van der Waals surface area (Å²) in [5, 5.41) is 10.0. The van der Waals surface area contributed by atoms with Gasteiger partial charge in [-0.15, -0.1) is 0 Å². The third kappa shape index (κ3) is 2.40. The molecule has 6 heteroatoms. The van der Waals surface area contributed by atoms with Crippen LogP contribution in [-0.4, -0.2) is 40.5 Å². The fourth-order valence-corrected chi connectivity index (χ4v) is 3.32. The predicted octanol–water partition coefficient (Wildman–Crippen LogP) is 2.31. The van der Waals surface area contributed by atoms with E-state index in [2.05, 4.69) is 4.98 Å². The molecule has 0 bridgehead atoms. The molecule has 6 nitrogen and oxygen atoms in total. The number of carboxylic acid groups (broad SMARTS) is 1. The van der Waals surface area contributed by atoms with Crippen molar-refractivity contribution in [2.75, 3.05) is 13.7 Å². The molecule has 1 unspecified atom stereocenters. The molecule has 1 aromatic heterocycles. The van der Waals surface area contributed by atoms with Crippen molar-refractivity contribution in [3.05, 3.63) is 59.8 Å². The SMILES string of the molecule is COc1ncccc1C1(C(=O)O)CCCN1C(=O)c1ccccc1. The van der Waals surface area contributed by atoms with Crippen molar-refractivity contribution in [1.29, 1.82) is 0 Å². The molecule has 1 saturated heterocycles. The maximum Gasteiger partial charge on any atom is 0.334 e. The Labute approximate surface area is 139 Å². The van der Waals surface area contributed by atoms with Crippen molar-refractivity contribution in [1.82, 2.24) is 9.88 Å². The Morgan fingerprint density at radius 1 is 1.21 bits per heavy atom. The van der Waals surface area contributed by atoms with E-state index < -0.39 is 11.5 Å². The Kier molecular flexibility index (Phi) is 4.20. The number of ether oxygens (including phenoxy) is 1. The Hall–Kier alpha value is -2.89. The lowest BCUT2D eigenvalue weighted by molar-refractivity contribution is -0.149. The van der Waals surface area contributed by atoms with E-state index in [1.165, 1.54) is 18.2 Å². The van der Waals surface area contributed by atoms with E-state index in [0.29, 0.717) is 30.5 Å². The first-order valence-electron chi connectivity index (χ1n) is 7.71. The first-order chi connectivity index (χ1) is 11.6. The van der Waals surface area contributed by atoms with Crippen LogP contribution in [0.4, 0.5) is 0 Å². The minimum Gasteiger partial charge on any atom is -0.481 e. The highest BCUT2D eigenvalue weighted by atomic mass is 16.5. The van der Waals surface area contributed by atoms with E-state index in [1.54, 1.807) is 36.4 Å². The number of methoxy groups -OCH3 is 1. The molecule has 1 aliphatic heterocycles. The molecule has 0 aliphatic carbocycles. The Morgan fingerprint density at radius 3 is 2.62 bits per heavy atom. The zero-order chi connectivity index (χ0) is 17.2. The first-order valence-corrected chi connectivity index (χ1v) is 7.71. The molecule has 1 N–H and O–H groups in total. The van der Waals surface area contributed by atoms with Crippen molar-refractivity contribution in [3.63, 3.8) is 0 Å². The zero-order valence-electron chi connectivity index (χ0n) is 13.3. The molecule has 1 aliphatic rings. The number of aromatic nitrogens is 1. The quantitative estimate of drug-likeness (QED) is 0.932. The molecule has 0 radical (unpaired) electrons. The predicted molar refractivity (Wildman–Crippen MR) is 86.8 cm³/mol. The number of aliphatic carboxylic acids is 1. The van der Waals surface area contributed by atoms with Crippen LogP contribution in [0, 0.1) is 0 Å². The molecule has 124 valence electrons. The van der Waals surface area contributed by atoms with Crippen LogP contribution in [0.3, 0.4) is 0 Å². The summed E-state index contributed by atoms with van der Waals surface area (Å²) in [6, 6.07) is 12.0. The van der Waals surface area contributed by atoms with Crippen LogP contribution in [0.25, 0.3) is 0 Å². The molecule has 1 atom stereocenters. The number of likely N-dealkylation sites (tertiary alicyclic amines) is 1. The minimum absolute atomic E-state index is 0.229. The molecular formula is C18H18N2O4. The van der Waals surface area contributed by atoms with Gasteiger partial charge in [0, 0.05) is 18.3 Å². The van der Waals surface area contributed by atoms with Crippen molar-refractivity contribution in [2.45, 2.75) is 18.4 Å². The Bertz CT molecular complexity index is 763. The van der Waals surface area contributed by atoms with E-state index in [4.69, 9.17) is 4.74 Å². The number of nitrogens with zero attached hydrogens (tertiary/aromatic N) is 2. The van der Waals surface area contributed by atoms with Crippen LogP contribution in [0.1, 0.15) is 28.8 Å². The highest BCUT2D eigenvalue weighted by Gasteiger charge is 2.53. The summed E-state index contributed by atoms with van der Waals surface area (Å²) < 4.78 is 5.25. The van der Waals surface area contributed by atoms with Crippen LogP contribution in [0.2, 0.25) is 0 Å². The van der Waals surface area contributed by atoms with Crippen LogP contribution >= 0.6 is 0 Å². The van der Waals surface area contributed by atoms with E-state index in [-0.39, 0.29) is 11.8 Å². The van der Waals surface area contributed by atoms with E-state index >= 15 is 0 Å². The Balaban J connectivity index is 2.12. The number of hydrogen-bond acceptors (Lipinski definition) is 4. The lowest BCUT2D eigenvalue weighted by Gasteiger charge is -2.35. The normalized spacial score (nSPS) is 20.0. The van der Waals surface area contributed by atoms with Crippen LogP contribution in [-0.2, 0) is 10.3 Å². The van der Waals surface area contributed by atoms with Gasteiger partial charge in [0.05, 0.1) is 12.7 Å². The van der Waals surface area contributed by atoms with Gasteiger partial charge in [-0.3, -0.25) is 4.79 Å². The van der Waals surface area contributed by atoms with Crippen LogP contribution < -0.4 is 4.74 Å². The van der Waals surface area contributed by atoms with Gasteiger partial charge in [0.2, 0.25) is 5.88 Å². The van der Waals surface area contributed by atoms with E-state index in [1.807, 2.05) is 6.07 Å². The van der Waals surface area contributed by atoms with Gasteiger partial charge in [0.25, 0.3) is 5.91 Å². The number of carboxylic acids is 1. The maximum atomic E-state index is 12.9. The molecule has 1 amide bonds. The molecule has 2 aromatic rings. The number of carbonyl (C=O) groups excluding carboxylic acids is 1. The summed E-state index contributed by atoms with van der Waals surface area (Å²) in [4.78, 5) is 30.7. The van der Waals surface area contributed by atoms with Gasteiger partial charge in [-0.05, 0) is 37.1 Å². The lowest BCUT2D eigenvalue weighted by Crippen LogP contribution is -2.50. The molecular weight excluding hydrogens is 308 g/mol. The summed E-state index contributed by atoms with van der Waals surface area (Å²) in [6.07, 6.45) is 2.46. The Morgan fingerprint density at radius 2 is 1.96 bits per heavy atom. The number of carbonyl (C=O) groups is 2. The third-order valence-corrected chi connectivity index (χ3v) is 4.41. The number of rotatable bonds is 4. The molecule has 2 heterocycles. The van der Waals surface area contributed by atoms with Gasteiger partial charge >= 0.3 is 5.97 Å². The number of hydrogen-bond donors (Lipinski definition) is 1. The van der Waals surface area contributed by atoms with Crippen LogP contribution in [0.5, 0.6) is 5.88 Å². The maximum absolute atomic E-state index is 12.9. The largest absolute Gasteiger partial charge is 0.481 e. The average molecular weight is 326 g/mol. The van der Waals surface area contributed by atoms with E-state index in [9.17, 15) is 14.7 Å². The van der Waals surface area contributed by atoms with Crippen LogP contribution in [0.15, 0.2) is 48.7 Å². The summed E-state index contributed by atoms with van der Waals surface area (Å²) >= 11 is 0. The molecule has 1 fully saturated rings. The number of pyridine rings is 1. The molecule has 0 spiro atoms. The summed E-state index contributed by atoms with van der Waals surface area (Å²) in [5.41, 5.74) is -0.596. The van der Waals surface area contributed by atoms with Crippen molar-refractivity contribution in [3.8, 4) is 5.88 Å². The molecule has 0 saturated carbocycles. The lowest BCUT2D eigenvalue weighted by atomic mass is 9.87. The number of benzene rings is 1. The molecule has 1 aromatic carbocycles. The van der Waals surface area contributed by atoms with Gasteiger partial charge < -0.3 is 14.7 Å². The smallest absolute Gasteiger partial charge is 0.334 e. The molecule has 3 rings (SSSR count). The van der Waals surface area contributed by atoms with Gasteiger partial charge in [-0.2, -0.15) is 0 Å². The monoisotopic (exact) mass is 326 g/mol. The third-order valence-electron chi connectivity index (χ3n) is 4.41. The van der Waals surface area contributed by atoms with E-state index in [0.717, 1.165) is 0 Å². The van der Waals surface area contributed by atoms with Gasteiger partial charge in [-0.25, -0.2) is 9.78 Å². The second-order valence-corrected chi connectivity index (χ2v) is 5.65. The standard InChI is InChI=1S/C18H18N2O4/c1-24-15-14(9-5-11-19-15)18(17(22)23)10-6-12-20(18)16(21)13-7-3-2-4-8-13/h2-5,7-9,11H,6,10,12H2,1H3,(H,22,23). The fourth-order valence-electron chi connectivity index (χ4n) is 3.32. The minimum atomic E-state index is -1.47. The van der Waals surface area contributed by atoms with Crippen molar-refractivity contribution >= 4 is 11.9 Å².